The van der Waals surface area contributed by atoms with Crippen LogP contribution in [0.15, 0.2) is 18.2 Å². The van der Waals surface area contributed by atoms with Crippen LogP contribution in [0.1, 0.15) is 23.2 Å². The average molecular weight is 334 g/mol. The standard InChI is InChI=1S/C13H13Cl2NO5/c1-21-11(17)3-2-10(13(19)20)16-12(18)7-4-8(14)6-9(15)5-7/h4-6,10H,2-3H2,1H3,(H,16,18)(H,19,20). The Morgan fingerprint density at radius 3 is 2.29 bits per heavy atom. The van der Waals surface area contributed by atoms with Gasteiger partial charge in [-0.1, -0.05) is 23.2 Å². The molecule has 0 saturated heterocycles. The average Bonchev–Trinajstić information content (AvgIpc) is 2.41. The molecule has 0 saturated carbocycles. The van der Waals surface area contributed by atoms with Gasteiger partial charge < -0.3 is 15.2 Å². The largest absolute Gasteiger partial charge is 0.480 e. The molecule has 0 fully saturated rings. The number of carboxylic acid groups (broad SMARTS) is 1. The second-order valence-electron chi connectivity index (χ2n) is 4.14. The molecule has 2 N–H and O–H groups in total. The van der Waals surface area contributed by atoms with E-state index in [-0.39, 0.29) is 28.5 Å². The number of ether oxygens (including phenoxy) is 1. The summed E-state index contributed by atoms with van der Waals surface area (Å²) in [6, 6.07) is 2.96. The van der Waals surface area contributed by atoms with Crippen molar-refractivity contribution in [2.24, 2.45) is 0 Å². The van der Waals surface area contributed by atoms with Crippen molar-refractivity contribution in [2.45, 2.75) is 18.9 Å². The maximum Gasteiger partial charge on any atom is 0.326 e. The van der Waals surface area contributed by atoms with Crippen LogP contribution in [0.2, 0.25) is 10.0 Å². The van der Waals surface area contributed by atoms with Crippen LogP contribution in [0.5, 0.6) is 0 Å². The summed E-state index contributed by atoms with van der Waals surface area (Å²) in [5.74, 6) is -2.45. The highest BCUT2D eigenvalue weighted by Gasteiger charge is 2.22. The molecular formula is C13H13Cl2NO5. The lowest BCUT2D eigenvalue weighted by Crippen LogP contribution is -2.41. The van der Waals surface area contributed by atoms with Crippen LogP contribution in [0, 0.1) is 0 Å². The van der Waals surface area contributed by atoms with Crippen LogP contribution >= 0.6 is 23.2 Å². The van der Waals surface area contributed by atoms with E-state index in [1.165, 1.54) is 25.3 Å². The molecule has 21 heavy (non-hydrogen) atoms. The molecule has 0 aliphatic rings. The molecule has 1 rings (SSSR count). The molecule has 0 aromatic heterocycles. The summed E-state index contributed by atoms with van der Waals surface area (Å²) >= 11 is 11.5. The molecule has 1 atom stereocenters. The Morgan fingerprint density at radius 2 is 1.81 bits per heavy atom. The lowest BCUT2D eigenvalue weighted by Gasteiger charge is -2.14. The monoisotopic (exact) mass is 333 g/mol. The van der Waals surface area contributed by atoms with Gasteiger partial charge in [0.25, 0.3) is 5.91 Å². The number of benzene rings is 1. The maximum atomic E-state index is 12.0. The maximum absolute atomic E-state index is 12.0. The fourth-order valence-corrected chi connectivity index (χ4v) is 2.07. The van der Waals surface area contributed by atoms with Gasteiger partial charge >= 0.3 is 11.9 Å². The van der Waals surface area contributed by atoms with Crippen molar-refractivity contribution in [3.63, 3.8) is 0 Å². The first-order valence-electron chi connectivity index (χ1n) is 5.90. The third-order valence-corrected chi connectivity index (χ3v) is 3.03. The molecule has 0 spiro atoms. The van der Waals surface area contributed by atoms with Crippen LogP contribution in [0.3, 0.4) is 0 Å². The number of aliphatic carboxylic acids is 1. The Kier molecular flexibility index (Phi) is 6.45. The third-order valence-electron chi connectivity index (χ3n) is 2.59. The number of carbonyl (C=O) groups is 3. The number of amides is 1. The Balaban J connectivity index is 2.76. The summed E-state index contributed by atoms with van der Waals surface area (Å²) in [4.78, 5) is 34.1. The molecule has 0 radical (unpaired) electrons. The van der Waals surface area contributed by atoms with Crippen molar-refractivity contribution < 1.29 is 24.2 Å². The minimum atomic E-state index is -1.25. The zero-order valence-electron chi connectivity index (χ0n) is 11.1. The van der Waals surface area contributed by atoms with Crippen molar-refractivity contribution in [1.82, 2.24) is 5.32 Å². The van der Waals surface area contributed by atoms with E-state index in [0.717, 1.165) is 0 Å². The predicted molar refractivity (Wildman–Crippen MR) is 76.6 cm³/mol. The molecule has 8 heteroatoms. The smallest absolute Gasteiger partial charge is 0.326 e. The Bertz CT molecular complexity index is 541. The van der Waals surface area contributed by atoms with Crippen LogP contribution in [0.25, 0.3) is 0 Å². The Labute approximate surface area is 131 Å². The SMILES string of the molecule is COC(=O)CCC(NC(=O)c1cc(Cl)cc(Cl)c1)C(=O)O. The van der Waals surface area contributed by atoms with E-state index in [4.69, 9.17) is 28.3 Å². The van der Waals surface area contributed by atoms with E-state index in [2.05, 4.69) is 10.1 Å². The number of carboxylic acids is 1. The van der Waals surface area contributed by atoms with Gasteiger partial charge in [-0.3, -0.25) is 9.59 Å². The highest BCUT2D eigenvalue weighted by atomic mass is 35.5. The highest BCUT2D eigenvalue weighted by molar-refractivity contribution is 6.35. The zero-order valence-corrected chi connectivity index (χ0v) is 12.6. The lowest BCUT2D eigenvalue weighted by molar-refractivity contribution is -0.142. The van der Waals surface area contributed by atoms with Crippen molar-refractivity contribution in [3.05, 3.63) is 33.8 Å². The van der Waals surface area contributed by atoms with Gasteiger partial charge in [-0.25, -0.2) is 4.79 Å². The Hall–Kier alpha value is -1.79. The van der Waals surface area contributed by atoms with Crippen LogP contribution in [-0.2, 0) is 14.3 Å². The van der Waals surface area contributed by atoms with Crippen LogP contribution in [-0.4, -0.2) is 36.1 Å². The van der Waals surface area contributed by atoms with E-state index >= 15 is 0 Å². The summed E-state index contributed by atoms with van der Waals surface area (Å²) in [6.07, 6.45) is -0.202. The fourth-order valence-electron chi connectivity index (χ4n) is 1.55. The normalized spacial score (nSPS) is 11.6. The number of rotatable bonds is 6. The van der Waals surface area contributed by atoms with Crippen molar-refractivity contribution >= 4 is 41.0 Å². The van der Waals surface area contributed by atoms with Gasteiger partial charge in [-0.2, -0.15) is 0 Å². The topological polar surface area (TPSA) is 92.7 Å². The molecule has 6 nitrogen and oxygen atoms in total. The van der Waals surface area contributed by atoms with E-state index in [0.29, 0.717) is 0 Å². The number of esters is 1. The molecule has 0 aliphatic heterocycles. The Morgan fingerprint density at radius 1 is 1.24 bits per heavy atom. The summed E-state index contributed by atoms with van der Waals surface area (Å²) < 4.78 is 4.42. The van der Waals surface area contributed by atoms with Gasteiger partial charge in [0.05, 0.1) is 7.11 Å². The fraction of sp³-hybridized carbons (Fsp3) is 0.308. The second kappa shape index (κ2) is 7.85. The van der Waals surface area contributed by atoms with Gasteiger partial charge in [0.15, 0.2) is 0 Å². The van der Waals surface area contributed by atoms with E-state index in [9.17, 15) is 14.4 Å². The van der Waals surface area contributed by atoms with Crippen LogP contribution in [0.4, 0.5) is 0 Å². The quantitative estimate of drug-likeness (QED) is 0.778. The van der Waals surface area contributed by atoms with Gasteiger partial charge in [0.2, 0.25) is 0 Å². The molecule has 1 amide bonds. The lowest BCUT2D eigenvalue weighted by atomic mass is 10.1. The number of hydrogen-bond donors (Lipinski definition) is 2. The molecule has 1 aromatic rings. The molecule has 0 aliphatic carbocycles. The molecule has 1 aromatic carbocycles. The van der Waals surface area contributed by atoms with E-state index < -0.39 is 23.9 Å². The summed E-state index contributed by atoms with van der Waals surface area (Å²) in [6.45, 7) is 0. The second-order valence-corrected chi connectivity index (χ2v) is 5.01. The summed E-state index contributed by atoms with van der Waals surface area (Å²) in [7, 11) is 1.20. The number of nitrogens with one attached hydrogen (secondary N) is 1. The number of halogens is 2. The van der Waals surface area contributed by atoms with Crippen molar-refractivity contribution in [3.8, 4) is 0 Å². The molecule has 1 unspecified atom stereocenters. The molecule has 0 bridgehead atoms. The zero-order chi connectivity index (χ0) is 16.0. The number of carbonyl (C=O) groups excluding carboxylic acids is 2. The third kappa shape index (κ3) is 5.61. The molecular weight excluding hydrogens is 321 g/mol. The molecule has 0 heterocycles. The number of methoxy groups -OCH3 is 1. The van der Waals surface area contributed by atoms with E-state index in [1.807, 2.05) is 0 Å². The van der Waals surface area contributed by atoms with Gasteiger partial charge in [-0.15, -0.1) is 0 Å². The minimum Gasteiger partial charge on any atom is -0.480 e. The predicted octanol–water partition coefficient (Wildman–Crippen LogP) is 2.13. The first-order chi connectivity index (χ1) is 9.83. The van der Waals surface area contributed by atoms with Crippen LogP contribution < -0.4 is 5.32 Å². The minimum absolute atomic E-state index is 0.0813. The van der Waals surface area contributed by atoms with Gasteiger partial charge in [0.1, 0.15) is 6.04 Å². The van der Waals surface area contributed by atoms with Gasteiger partial charge in [0, 0.05) is 22.0 Å². The van der Waals surface area contributed by atoms with E-state index in [1.54, 1.807) is 0 Å². The van der Waals surface area contributed by atoms with Crippen molar-refractivity contribution in [2.75, 3.05) is 7.11 Å². The first kappa shape index (κ1) is 17.3. The van der Waals surface area contributed by atoms with Crippen molar-refractivity contribution in [1.29, 1.82) is 0 Å². The number of hydrogen-bond acceptors (Lipinski definition) is 4. The first-order valence-corrected chi connectivity index (χ1v) is 6.65. The van der Waals surface area contributed by atoms with Gasteiger partial charge in [-0.05, 0) is 24.6 Å². The summed E-state index contributed by atoms with van der Waals surface area (Å²) in [5.41, 5.74) is 0.136. The molecule has 114 valence electrons. The summed E-state index contributed by atoms with van der Waals surface area (Å²) in [5, 5.41) is 11.9. The highest BCUT2D eigenvalue weighted by Crippen LogP contribution is 2.19.